The monoisotopic (exact) mass is 430 g/mol. The summed E-state index contributed by atoms with van der Waals surface area (Å²) in [5, 5.41) is 4.86. The molecule has 0 atom stereocenters. The summed E-state index contributed by atoms with van der Waals surface area (Å²) in [5.74, 6) is 10.4. The minimum atomic E-state index is -1.51. The lowest BCUT2D eigenvalue weighted by Gasteiger charge is -2.12. The van der Waals surface area contributed by atoms with E-state index in [9.17, 15) is 0 Å². The van der Waals surface area contributed by atoms with Gasteiger partial charge in [0, 0.05) is 16.5 Å². The lowest BCUT2D eigenvalue weighted by atomic mass is 9.92. The molecule has 0 aliphatic heterocycles. The van der Waals surface area contributed by atoms with Gasteiger partial charge in [0.1, 0.15) is 8.07 Å². The maximum Gasteiger partial charge on any atom is 0.129 e. The molecule has 0 aliphatic carbocycles. The van der Waals surface area contributed by atoms with E-state index in [-0.39, 0.29) is 5.41 Å². The van der Waals surface area contributed by atoms with Crippen LogP contribution in [0.25, 0.3) is 32.7 Å². The average molecular weight is 431 g/mol. The van der Waals surface area contributed by atoms with Crippen LogP contribution in [0, 0.1) is 28.7 Å². The quantitative estimate of drug-likeness (QED) is 0.210. The molecule has 0 saturated heterocycles. The van der Waals surface area contributed by atoms with E-state index in [1.165, 1.54) is 32.7 Å². The number of hydrogen-bond donors (Lipinski definition) is 0. The van der Waals surface area contributed by atoms with Gasteiger partial charge in [0.15, 0.2) is 0 Å². The normalized spacial score (nSPS) is 11.6. The molecule has 1 heteroatoms. The number of benzene rings is 4. The third-order valence-corrected chi connectivity index (χ3v) is 6.13. The second kappa shape index (κ2) is 8.35. The van der Waals surface area contributed by atoms with Gasteiger partial charge in [-0.15, -0.1) is 5.54 Å². The molecule has 4 aromatic rings. The Morgan fingerprint density at radius 3 is 2.12 bits per heavy atom. The molecule has 0 fully saturated rings. The van der Waals surface area contributed by atoms with Gasteiger partial charge in [-0.25, -0.2) is 0 Å². The first-order valence-electron chi connectivity index (χ1n) is 11.2. The minimum Gasteiger partial charge on any atom is -0.127 e. The van der Waals surface area contributed by atoms with Crippen molar-refractivity contribution in [3.63, 3.8) is 0 Å². The predicted molar refractivity (Wildman–Crippen MR) is 143 cm³/mol. The van der Waals surface area contributed by atoms with E-state index in [2.05, 4.69) is 137 Å². The maximum atomic E-state index is 3.59. The Hall–Kier alpha value is -3.26. The van der Waals surface area contributed by atoms with Crippen molar-refractivity contribution in [2.75, 3.05) is 0 Å². The summed E-state index contributed by atoms with van der Waals surface area (Å²) in [6, 6.07) is 26.1. The van der Waals surface area contributed by atoms with E-state index in [0.29, 0.717) is 0 Å². The number of fused-ring (bicyclic) bond motifs is 2. The standard InChI is InChI=1S/C31H30Si/c1-31(2,3)20-18-25-12-9-11-24-14-15-26(22-30(24)25)28-17-16-23-10-7-8-13-27(23)29(28)19-21-32(4,5)6/h7-17,22H,1-6H3. The predicted octanol–water partition coefficient (Wildman–Crippen LogP) is 8.29. The Labute approximate surface area is 193 Å². The molecule has 0 saturated carbocycles. The van der Waals surface area contributed by atoms with Crippen molar-refractivity contribution < 1.29 is 0 Å². The molecular formula is C31H30Si. The Bertz CT molecular complexity index is 1440. The second-order valence-corrected chi connectivity index (χ2v) is 15.2. The highest BCUT2D eigenvalue weighted by molar-refractivity contribution is 6.83. The molecule has 32 heavy (non-hydrogen) atoms. The lowest BCUT2D eigenvalue weighted by molar-refractivity contribution is 0.571. The summed E-state index contributed by atoms with van der Waals surface area (Å²) in [4.78, 5) is 0. The summed E-state index contributed by atoms with van der Waals surface area (Å²) in [5.41, 5.74) is 8.15. The summed E-state index contributed by atoms with van der Waals surface area (Å²) in [6.45, 7) is 13.3. The molecule has 0 amide bonds. The summed E-state index contributed by atoms with van der Waals surface area (Å²) < 4.78 is 0. The van der Waals surface area contributed by atoms with E-state index < -0.39 is 8.07 Å². The van der Waals surface area contributed by atoms with Crippen molar-refractivity contribution in [3.8, 4) is 34.4 Å². The fraction of sp³-hybridized carbons (Fsp3) is 0.226. The van der Waals surface area contributed by atoms with Crippen molar-refractivity contribution in [1.29, 1.82) is 0 Å². The van der Waals surface area contributed by atoms with Gasteiger partial charge in [-0.05, 0) is 65.6 Å². The van der Waals surface area contributed by atoms with Crippen LogP contribution in [0.2, 0.25) is 19.6 Å². The highest BCUT2D eigenvalue weighted by Gasteiger charge is 2.12. The summed E-state index contributed by atoms with van der Waals surface area (Å²) >= 11 is 0. The SMILES string of the molecule is CC(C)(C)C#Cc1cccc2ccc(-c3ccc4ccccc4c3C#C[Si](C)(C)C)cc12. The van der Waals surface area contributed by atoms with Crippen LogP contribution in [0.15, 0.2) is 72.8 Å². The van der Waals surface area contributed by atoms with Crippen LogP contribution in [0.1, 0.15) is 31.9 Å². The van der Waals surface area contributed by atoms with E-state index >= 15 is 0 Å². The lowest BCUT2D eigenvalue weighted by Crippen LogP contribution is -2.16. The van der Waals surface area contributed by atoms with Crippen molar-refractivity contribution in [1.82, 2.24) is 0 Å². The van der Waals surface area contributed by atoms with Crippen LogP contribution in [0.5, 0.6) is 0 Å². The highest BCUT2D eigenvalue weighted by Crippen LogP contribution is 2.33. The van der Waals surface area contributed by atoms with Crippen LogP contribution < -0.4 is 0 Å². The third kappa shape index (κ3) is 4.96. The van der Waals surface area contributed by atoms with Gasteiger partial charge in [0.2, 0.25) is 0 Å². The Balaban J connectivity index is 1.97. The number of rotatable bonds is 1. The zero-order valence-corrected chi connectivity index (χ0v) is 20.9. The number of hydrogen-bond acceptors (Lipinski definition) is 0. The zero-order chi connectivity index (χ0) is 22.9. The maximum absolute atomic E-state index is 3.59. The molecule has 0 N–H and O–H groups in total. The van der Waals surface area contributed by atoms with Crippen LogP contribution in [0.3, 0.4) is 0 Å². The van der Waals surface area contributed by atoms with Crippen LogP contribution >= 0.6 is 0 Å². The van der Waals surface area contributed by atoms with Gasteiger partial charge in [-0.3, -0.25) is 0 Å². The molecule has 0 heterocycles. The van der Waals surface area contributed by atoms with Gasteiger partial charge in [0.05, 0.1) is 0 Å². The van der Waals surface area contributed by atoms with E-state index in [0.717, 1.165) is 11.1 Å². The molecule has 4 aromatic carbocycles. The minimum absolute atomic E-state index is 0.0300. The smallest absolute Gasteiger partial charge is 0.127 e. The second-order valence-electron chi connectivity index (χ2n) is 10.5. The fourth-order valence-electron chi connectivity index (χ4n) is 3.70. The summed E-state index contributed by atoms with van der Waals surface area (Å²) in [7, 11) is -1.51. The Morgan fingerprint density at radius 2 is 1.38 bits per heavy atom. The molecule has 0 unspecified atom stereocenters. The topological polar surface area (TPSA) is 0 Å². The van der Waals surface area contributed by atoms with Gasteiger partial charge in [-0.1, -0.05) is 98.1 Å². The van der Waals surface area contributed by atoms with Crippen molar-refractivity contribution in [2.45, 2.75) is 40.4 Å². The Morgan fingerprint density at radius 1 is 0.688 bits per heavy atom. The fourth-order valence-corrected chi connectivity index (χ4v) is 4.20. The Kier molecular flexibility index (Phi) is 5.73. The molecule has 0 nitrogen and oxygen atoms in total. The molecule has 0 bridgehead atoms. The van der Waals surface area contributed by atoms with E-state index in [4.69, 9.17) is 0 Å². The molecule has 0 radical (unpaired) electrons. The first kappa shape index (κ1) is 21.9. The van der Waals surface area contributed by atoms with E-state index in [1.54, 1.807) is 0 Å². The third-order valence-electron chi connectivity index (χ3n) is 5.26. The molecule has 0 aliphatic rings. The molecule has 4 rings (SSSR count). The van der Waals surface area contributed by atoms with Crippen molar-refractivity contribution in [3.05, 3.63) is 83.9 Å². The van der Waals surface area contributed by atoms with Crippen LogP contribution in [-0.4, -0.2) is 8.07 Å². The van der Waals surface area contributed by atoms with Crippen LogP contribution in [-0.2, 0) is 0 Å². The van der Waals surface area contributed by atoms with Crippen molar-refractivity contribution >= 4 is 29.6 Å². The molecule has 0 spiro atoms. The molecule has 0 aromatic heterocycles. The zero-order valence-electron chi connectivity index (χ0n) is 19.9. The first-order valence-corrected chi connectivity index (χ1v) is 14.7. The molecule has 158 valence electrons. The van der Waals surface area contributed by atoms with E-state index in [1.807, 2.05) is 0 Å². The largest absolute Gasteiger partial charge is 0.129 e. The average Bonchev–Trinajstić information content (AvgIpc) is 2.74. The summed E-state index contributed by atoms with van der Waals surface area (Å²) in [6.07, 6.45) is 0. The first-order chi connectivity index (χ1) is 15.1. The van der Waals surface area contributed by atoms with Gasteiger partial charge in [0.25, 0.3) is 0 Å². The van der Waals surface area contributed by atoms with Gasteiger partial charge >= 0.3 is 0 Å². The highest BCUT2D eigenvalue weighted by atomic mass is 28.3. The van der Waals surface area contributed by atoms with Crippen LogP contribution in [0.4, 0.5) is 0 Å². The molecular weight excluding hydrogens is 400 g/mol. The van der Waals surface area contributed by atoms with Gasteiger partial charge < -0.3 is 0 Å². The van der Waals surface area contributed by atoms with Crippen molar-refractivity contribution in [2.24, 2.45) is 5.41 Å². The van der Waals surface area contributed by atoms with Gasteiger partial charge in [-0.2, -0.15) is 0 Å².